The highest BCUT2D eigenvalue weighted by Crippen LogP contribution is 2.39. The van der Waals surface area contributed by atoms with Crippen molar-refractivity contribution in [1.29, 1.82) is 0 Å². The maximum Gasteiger partial charge on any atom is 0.325 e. The molecule has 0 aromatic heterocycles. The Kier molecular flexibility index (Phi) is 5.94. The van der Waals surface area contributed by atoms with Gasteiger partial charge in [0.05, 0.1) is 5.02 Å². The summed E-state index contributed by atoms with van der Waals surface area (Å²) in [5, 5.41) is 5.35. The molecule has 2 aliphatic rings. The standard InChI is InChI=1S/C22H23ClN4O5S/c1-26(2)33(31,32)18-12-15(9-10-17(18)23)24-19(28)13-27-20(29)22(25-21(27)30)11-5-7-14-6-3-4-8-16(14)22/h3-4,6,8-10,12H,5,7,11,13H2,1-2H3,(H,24,28)(H,25,30)/t22-/m1/s1. The summed E-state index contributed by atoms with van der Waals surface area (Å²) in [6.45, 7) is -0.507. The summed E-state index contributed by atoms with van der Waals surface area (Å²) in [4.78, 5) is 39.4. The van der Waals surface area contributed by atoms with Crippen molar-refractivity contribution in [2.24, 2.45) is 0 Å². The van der Waals surface area contributed by atoms with Crippen molar-refractivity contribution in [3.8, 4) is 0 Å². The molecule has 1 atom stereocenters. The highest BCUT2D eigenvalue weighted by atomic mass is 35.5. The van der Waals surface area contributed by atoms with Crippen LogP contribution in [0.25, 0.3) is 0 Å². The third-order valence-corrected chi connectivity index (χ3v) is 8.22. The molecule has 1 heterocycles. The van der Waals surface area contributed by atoms with Crippen molar-refractivity contribution < 1.29 is 22.8 Å². The lowest BCUT2D eigenvalue weighted by Gasteiger charge is -2.33. The van der Waals surface area contributed by atoms with Gasteiger partial charge in [0.25, 0.3) is 5.91 Å². The van der Waals surface area contributed by atoms with Crippen molar-refractivity contribution in [3.05, 3.63) is 58.6 Å². The molecule has 1 aliphatic carbocycles. The zero-order valence-corrected chi connectivity index (χ0v) is 19.7. The number of hydrogen-bond donors (Lipinski definition) is 2. The molecule has 9 nitrogen and oxygen atoms in total. The first-order chi connectivity index (χ1) is 15.6. The van der Waals surface area contributed by atoms with Gasteiger partial charge in [-0.05, 0) is 48.6 Å². The number of anilines is 1. The highest BCUT2D eigenvalue weighted by molar-refractivity contribution is 7.89. The molecule has 4 rings (SSSR count). The highest BCUT2D eigenvalue weighted by Gasteiger charge is 2.54. The molecule has 2 aromatic rings. The molecule has 1 saturated heterocycles. The second kappa shape index (κ2) is 8.44. The molecule has 33 heavy (non-hydrogen) atoms. The van der Waals surface area contributed by atoms with Gasteiger partial charge in [0.15, 0.2) is 0 Å². The van der Waals surface area contributed by atoms with Crippen LogP contribution >= 0.6 is 11.6 Å². The molecular formula is C22H23ClN4O5S. The fourth-order valence-electron chi connectivity index (χ4n) is 4.27. The lowest BCUT2D eigenvalue weighted by molar-refractivity contribution is -0.134. The predicted molar refractivity (Wildman–Crippen MR) is 122 cm³/mol. The van der Waals surface area contributed by atoms with Crippen LogP contribution in [0, 0.1) is 0 Å². The number of carbonyl (C=O) groups excluding carboxylic acids is 3. The Balaban J connectivity index is 1.54. The van der Waals surface area contributed by atoms with Crippen molar-refractivity contribution in [2.45, 2.75) is 29.7 Å². The summed E-state index contributed by atoms with van der Waals surface area (Å²) >= 11 is 6.04. The van der Waals surface area contributed by atoms with Crippen LogP contribution in [0.15, 0.2) is 47.4 Å². The molecule has 174 valence electrons. The number of rotatable bonds is 5. The van der Waals surface area contributed by atoms with Crippen LogP contribution in [-0.2, 0) is 31.6 Å². The molecule has 0 bridgehead atoms. The number of benzene rings is 2. The minimum Gasteiger partial charge on any atom is -0.324 e. The van der Waals surface area contributed by atoms with Gasteiger partial charge in [-0.1, -0.05) is 35.9 Å². The topological polar surface area (TPSA) is 116 Å². The molecule has 0 radical (unpaired) electrons. The first-order valence-corrected chi connectivity index (χ1v) is 12.1. The van der Waals surface area contributed by atoms with Gasteiger partial charge in [0, 0.05) is 19.8 Å². The first-order valence-electron chi connectivity index (χ1n) is 10.3. The van der Waals surface area contributed by atoms with E-state index < -0.39 is 40.0 Å². The van der Waals surface area contributed by atoms with Crippen LogP contribution in [0.2, 0.25) is 5.02 Å². The third-order valence-electron chi connectivity index (χ3n) is 5.93. The fraction of sp³-hybridized carbons (Fsp3) is 0.318. The van der Waals surface area contributed by atoms with Crippen LogP contribution < -0.4 is 10.6 Å². The molecule has 2 N–H and O–H groups in total. The summed E-state index contributed by atoms with van der Waals surface area (Å²) in [6, 6.07) is 10.9. The lowest BCUT2D eigenvalue weighted by Crippen LogP contribution is -2.47. The predicted octanol–water partition coefficient (Wildman–Crippen LogP) is 2.31. The maximum absolute atomic E-state index is 13.3. The van der Waals surface area contributed by atoms with Gasteiger partial charge in [-0.3, -0.25) is 14.5 Å². The first kappa shape index (κ1) is 23.2. The van der Waals surface area contributed by atoms with E-state index in [0.717, 1.165) is 33.2 Å². The molecule has 4 amide bonds. The fourth-order valence-corrected chi connectivity index (χ4v) is 5.67. The number of carbonyl (C=O) groups is 3. The van der Waals surface area contributed by atoms with Crippen molar-refractivity contribution in [1.82, 2.24) is 14.5 Å². The van der Waals surface area contributed by atoms with Gasteiger partial charge in [-0.2, -0.15) is 0 Å². The van der Waals surface area contributed by atoms with Crippen LogP contribution in [0.1, 0.15) is 24.0 Å². The number of urea groups is 1. The number of imide groups is 1. The number of fused-ring (bicyclic) bond motifs is 2. The monoisotopic (exact) mass is 490 g/mol. The summed E-state index contributed by atoms with van der Waals surface area (Å²) < 4.78 is 25.9. The Morgan fingerprint density at radius 1 is 1.21 bits per heavy atom. The summed E-state index contributed by atoms with van der Waals surface area (Å²) in [5.74, 6) is -1.11. The molecule has 1 spiro atoms. The summed E-state index contributed by atoms with van der Waals surface area (Å²) in [5.41, 5.74) is 0.766. The zero-order valence-electron chi connectivity index (χ0n) is 18.1. The van der Waals surface area contributed by atoms with E-state index in [9.17, 15) is 22.8 Å². The minimum absolute atomic E-state index is 0.00806. The number of aryl methyl sites for hydroxylation is 1. The smallest absolute Gasteiger partial charge is 0.324 e. The van der Waals surface area contributed by atoms with E-state index in [1.807, 2.05) is 24.3 Å². The number of nitrogens with zero attached hydrogens (tertiary/aromatic N) is 2. The van der Waals surface area contributed by atoms with E-state index in [0.29, 0.717) is 6.42 Å². The Morgan fingerprint density at radius 2 is 1.94 bits per heavy atom. The molecule has 0 unspecified atom stereocenters. The Bertz CT molecular complexity index is 1260. The SMILES string of the molecule is CN(C)S(=O)(=O)c1cc(NC(=O)CN2C(=O)N[C@@]3(CCCc4ccccc43)C2=O)ccc1Cl. The van der Waals surface area contributed by atoms with Crippen molar-refractivity contribution in [2.75, 3.05) is 26.0 Å². The summed E-state index contributed by atoms with van der Waals surface area (Å²) in [6.07, 6.45) is 2.00. The molecule has 2 aromatic carbocycles. The van der Waals surface area contributed by atoms with Gasteiger partial charge in [-0.25, -0.2) is 17.5 Å². The second-order valence-electron chi connectivity index (χ2n) is 8.22. The zero-order chi connectivity index (χ0) is 24.0. The second-order valence-corrected chi connectivity index (χ2v) is 10.7. The Labute approximate surface area is 196 Å². The van der Waals surface area contributed by atoms with E-state index >= 15 is 0 Å². The quantitative estimate of drug-likeness (QED) is 0.624. The number of sulfonamides is 1. The largest absolute Gasteiger partial charge is 0.325 e. The molecule has 1 fully saturated rings. The van der Waals surface area contributed by atoms with Gasteiger partial charge in [0.2, 0.25) is 15.9 Å². The van der Waals surface area contributed by atoms with E-state index in [1.54, 1.807) is 0 Å². The molecular weight excluding hydrogens is 468 g/mol. The summed E-state index contributed by atoms with van der Waals surface area (Å²) in [7, 11) is -1.09. The number of nitrogens with one attached hydrogen (secondary N) is 2. The number of halogens is 1. The van der Waals surface area contributed by atoms with Crippen molar-refractivity contribution in [3.63, 3.8) is 0 Å². The van der Waals surface area contributed by atoms with E-state index in [-0.39, 0.29) is 15.6 Å². The van der Waals surface area contributed by atoms with E-state index in [4.69, 9.17) is 11.6 Å². The number of hydrogen-bond acceptors (Lipinski definition) is 5. The molecule has 0 saturated carbocycles. The average Bonchev–Trinajstić information content (AvgIpc) is 3.00. The van der Waals surface area contributed by atoms with Crippen LogP contribution in [0.5, 0.6) is 0 Å². The minimum atomic E-state index is -3.83. The Morgan fingerprint density at radius 3 is 2.67 bits per heavy atom. The number of amides is 4. The Hall–Kier alpha value is -2.95. The van der Waals surface area contributed by atoms with Crippen LogP contribution in [0.3, 0.4) is 0 Å². The van der Waals surface area contributed by atoms with Gasteiger partial charge in [-0.15, -0.1) is 0 Å². The van der Waals surface area contributed by atoms with Crippen LogP contribution in [0.4, 0.5) is 10.5 Å². The van der Waals surface area contributed by atoms with E-state index in [2.05, 4.69) is 10.6 Å². The molecule has 11 heteroatoms. The van der Waals surface area contributed by atoms with E-state index in [1.165, 1.54) is 32.3 Å². The average molecular weight is 491 g/mol. The van der Waals surface area contributed by atoms with Gasteiger partial charge < -0.3 is 10.6 Å². The third kappa shape index (κ3) is 3.98. The lowest BCUT2D eigenvalue weighted by atomic mass is 9.76. The van der Waals surface area contributed by atoms with Gasteiger partial charge >= 0.3 is 6.03 Å². The normalized spacial score (nSPS) is 20.2. The van der Waals surface area contributed by atoms with Crippen LogP contribution in [-0.4, -0.2) is 56.1 Å². The maximum atomic E-state index is 13.3. The van der Waals surface area contributed by atoms with Crippen molar-refractivity contribution >= 4 is 45.2 Å². The van der Waals surface area contributed by atoms with Gasteiger partial charge in [0.1, 0.15) is 17.0 Å². The molecule has 1 aliphatic heterocycles.